The minimum absolute atomic E-state index is 0.134. The van der Waals surface area contributed by atoms with Gasteiger partial charge < -0.3 is 19.7 Å². The first kappa shape index (κ1) is 22.2. The van der Waals surface area contributed by atoms with E-state index in [2.05, 4.69) is 20.4 Å². The van der Waals surface area contributed by atoms with Crippen molar-refractivity contribution >= 4 is 0 Å². The summed E-state index contributed by atoms with van der Waals surface area (Å²) in [6.45, 7) is 2.90. The number of H-pyrrole nitrogens is 1. The zero-order valence-corrected chi connectivity index (χ0v) is 16.4. The lowest BCUT2D eigenvalue weighted by atomic mass is 10.0. The minimum atomic E-state index is -4.30. The number of aromatic nitrogens is 2. The first-order chi connectivity index (χ1) is 13.3. The van der Waals surface area contributed by atoms with Gasteiger partial charge in [-0.2, -0.15) is 18.3 Å². The average molecular weight is 400 g/mol. The molecule has 1 heterocycles. The molecule has 6 nitrogen and oxygen atoms in total. The van der Waals surface area contributed by atoms with E-state index in [0.29, 0.717) is 30.2 Å². The zero-order chi connectivity index (χ0) is 20.6. The number of hydrogen-bond acceptors (Lipinski definition) is 5. The average Bonchev–Trinajstić information content (AvgIpc) is 3.06. The van der Waals surface area contributed by atoms with E-state index in [-0.39, 0.29) is 12.2 Å². The van der Waals surface area contributed by atoms with Crippen LogP contribution in [0.2, 0.25) is 0 Å². The van der Waals surface area contributed by atoms with Crippen molar-refractivity contribution in [3.05, 3.63) is 35.5 Å². The highest BCUT2D eigenvalue weighted by Crippen LogP contribution is 2.31. The number of nitrogens with one attached hydrogen (secondary N) is 2. The number of hydrogen-bond donors (Lipinski definition) is 2. The van der Waals surface area contributed by atoms with E-state index in [1.165, 1.54) is 19.2 Å². The standard InChI is InChI=1S/C19H27F3N4O2/c1-23-4-5-26(2)13-16-12-24-25-18(16)15-8-14(11-19(20,21)22)9-17(10-15)28-7-6-27-3/h8-10,12,23H,4-7,11,13H2,1-3H3,(H,24,25). The highest BCUT2D eigenvalue weighted by molar-refractivity contribution is 5.65. The van der Waals surface area contributed by atoms with Crippen molar-refractivity contribution < 1.29 is 22.6 Å². The largest absolute Gasteiger partial charge is 0.491 e. The van der Waals surface area contributed by atoms with E-state index < -0.39 is 12.6 Å². The van der Waals surface area contributed by atoms with Gasteiger partial charge in [-0.05, 0) is 37.9 Å². The molecule has 156 valence electrons. The number of rotatable bonds is 11. The van der Waals surface area contributed by atoms with E-state index in [1.807, 2.05) is 14.1 Å². The molecule has 0 aliphatic rings. The molecular weight excluding hydrogens is 373 g/mol. The van der Waals surface area contributed by atoms with Gasteiger partial charge in [0.25, 0.3) is 0 Å². The smallest absolute Gasteiger partial charge is 0.393 e. The molecule has 9 heteroatoms. The number of aromatic amines is 1. The van der Waals surface area contributed by atoms with Crippen LogP contribution in [0.4, 0.5) is 13.2 Å². The van der Waals surface area contributed by atoms with E-state index in [4.69, 9.17) is 9.47 Å². The molecule has 2 N–H and O–H groups in total. The van der Waals surface area contributed by atoms with Crippen LogP contribution in [0.15, 0.2) is 24.4 Å². The van der Waals surface area contributed by atoms with Gasteiger partial charge in [0.15, 0.2) is 0 Å². The molecule has 1 aromatic carbocycles. The van der Waals surface area contributed by atoms with Gasteiger partial charge in [-0.15, -0.1) is 0 Å². The van der Waals surface area contributed by atoms with Gasteiger partial charge in [-0.25, -0.2) is 0 Å². The molecule has 0 aliphatic heterocycles. The van der Waals surface area contributed by atoms with Crippen LogP contribution in [0.5, 0.6) is 5.75 Å². The van der Waals surface area contributed by atoms with Crippen LogP contribution in [0.3, 0.4) is 0 Å². The van der Waals surface area contributed by atoms with Crippen molar-refractivity contribution in [1.29, 1.82) is 0 Å². The lowest BCUT2D eigenvalue weighted by Crippen LogP contribution is -2.27. The summed E-state index contributed by atoms with van der Waals surface area (Å²) in [5.74, 6) is 0.367. The molecule has 0 amide bonds. The molecule has 2 rings (SSSR count). The van der Waals surface area contributed by atoms with Crippen molar-refractivity contribution in [3.63, 3.8) is 0 Å². The molecule has 28 heavy (non-hydrogen) atoms. The Labute approximate surface area is 163 Å². The fourth-order valence-electron chi connectivity index (χ4n) is 2.82. The summed E-state index contributed by atoms with van der Waals surface area (Å²) in [6, 6.07) is 4.64. The summed E-state index contributed by atoms with van der Waals surface area (Å²) in [4.78, 5) is 2.11. The van der Waals surface area contributed by atoms with Crippen LogP contribution in [0.1, 0.15) is 11.1 Å². The van der Waals surface area contributed by atoms with Gasteiger partial charge in [0, 0.05) is 44.1 Å². The Morgan fingerprint density at radius 2 is 2.00 bits per heavy atom. The van der Waals surface area contributed by atoms with Gasteiger partial charge in [0.1, 0.15) is 12.4 Å². The maximum atomic E-state index is 12.9. The fraction of sp³-hybridized carbons (Fsp3) is 0.526. The summed E-state index contributed by atoms with van der Waals surface area (Å²) in [7, 11) is 5.40. The third kappa shape index (κ3) is 7.14. The molecule has 0 spiro atoms. The predicted molar refractivity (Wildman–Crippen MR) is 101 cm³/mol. The van der Waals surface area contributed by atoms with Gasteiger partial charge in [-0.1, -0.05) is 0 Å². The monoisotopic (exact) mass is 400 g/mol. The van der Waals surface area contributed by atoms with Gasteiger partial charge in [0.2, 0.25) is 0 Å². The van der Waals surface area contributed by atoms with Crippen LogP contribution < -0.4 is 10.1 Å². The number of likely N-dealkylation sites (N-methyl/N-ethyl adjacent to an activating group) is 2. The van der Waals surface area contributed by atoms with Crippen LogP contribution in [0, 0.1) is 0 Å². The molecule has 0 aliphatic carbocycles. The Morgan fingerprint density at radius 1 is 1.21 bits per heavy atom. The summed E-state index contributed by atoms with van der Waals surface area (Å²) in [6.07, 6.45) is -3.55. The molecular formula is C19H27F3N4O2. The van der Waals surface area contributed by atoms with Crippen molar-refractivity contribution in [3.8, 4) is 17.0 Å². The van der Waals surface area contributed by atoms with Crippen molar-refractivity contribution in [1.82, 2.24) is 20.4 Å². The Balaban J connectivity index is 2.29. The maximum Gasteiger partial charge on any atom is 0.393 e. The molecule has 0 bridgehead atoms. The second kappa shape index (κ2) is 10.4. The van der Waals surface area contributed by atoms with Crippen LogP contribution >= 0.6 is 0 Å². The fourth-order valence-corrected chi connectivity index (χ4v) is 2.82. The third-order valence-corrected chi connectivity index (χ3v) is 4.10. The Hall–Kier alpha value is -2.10. The van der Waals surface area contributed by atoms with Crippen molar-refractivity contribution in [2.24, 2.45) is 0 Å². The van der Waals surface area contributed by atoms with E-state index in [0.717, 1.165) is 18.7 Å². The second-order valence-electron chi connectivity index (χ2n) is 6.60. The van der Waals surface area contributed by atoms with Crippen molar-refractivity contribution in [2.45, 2.75) is 19.1 Å². The van der Waals surface area contributed by atoms with Gasteiger partial charge in [-0.3, -0.25) is 5.10 Å². The number of alkyl halides is 3. The van der Waals surface area contributed by atoms with Crippen molar-refractivity contribution in [2.75, 3.05) is 47.5 Å². The first-order valence-corrected chi connectivity index (χ1v) is 9.01. The highest BCUT2D eigenvalue weighted by atomic mass is 19.4. The summed E-state index contributed by atoms with van der Waals surface area (Å²) >= 11 is 0. The van der Waals surface area contributed by atoms with E-state index >= 15 is 0 Å². The van der Waals surface area contributed by atoms with Gasteiger partial charge in [0.05, 0.1) is 18.7 Å². The lowest BCUT2D eigenvalue weighted by molar-refractivity contribution is -0.127. The minimum Gasteiger partial charge on any atom is -0.491 e. The molecule has 1 aromatic heterocycles. The highest BCUT2D eigenvalue weighted by Gasteiger charge is 2.28. The molecule has 0 fully saturated rings. The number of nitrogens with zero attached hydrogens (tertiary/aromatic N) is 2. The third-order valence-electron chi connectivity index (χ3n) is 4.10. The maximum absolute atomic E-state index is 12.9. The Morgan fingerprint density at radius 3 is 2.68 bits per heavy atom. The van der Waals surface area contributed by atoms with Gasteiger partial charge >= 0.3 is 6.18 Å². The van der Waals surface area contributed by atoms with E-state index in [9.17, 15) is 13.2 Å². The number of methoxy groups -OCH3 is 1. The SMILES string of the molecule is CNCCN(C)Cc1c[nH]nc1-c1cc(CC(F)(F)F)cc(OCCOC)c1. The van der Waals surface area contributed by atoms with Crippen LogP contribution in [-0.2, 0) is 17.7 Å². The summed E-state index contributed by atoms with van der Waals surface area (Å²) in [5, 5.41) is 10.2. The molecule has 0 unspecified atom stereocenters. The Bertz CT molecular complexity index is 734. The summed E-state index contributed by atoms with van der Waals surface area (Å²) in [5.41, 5.74) is 2.25. The molecule has 0 atom stereocenters. The lowest BCUT2D eigenvalue weighted by Gasteiger charge is -2.17. The normalized spacial score (nSPS) is 12.0. The molecule has 2 aromatic rings. The zero-order valence-electron chi connectivity index (χ0n) is 16.4. The molecule has 0 saturated carbocycles. The predicted octanol–water partition coefficient (Wildman–Crippen LogP) is 2.86. The quantitative estimate of drug-likeness (QED) is 0.568. The van der Waals surface area contributed by atoms with Crippen LogP contribution in [-0.4, -0.2) is 68.8 Å². The Kier molecular flexibility index (Phi) is 8.28. The topological polar surface area (TPSA) is 62.4 Å². The number of ether oxygens (including phenoxy) is 2. The number of halogens is 3. The molecule has 0 saturated heterocycles. The second-order valence-corrected chi connectivity index (χ2v) is 6.60. The molecule has 0 radical (unpaired) electrons. The number of benzene rings is 1. The van der Waals surface area contributed by atoms with Crippen LogP contribution in [0.25, 0.3) is 11.3 Å². The first-order valence-electron chi connectivity index (χ1n) is 9.01. The summed E-state index contributed by atoms with van der Waals surface area (Å²) < 4.78 is 49.3. The van der Waals surface area contributed by atoms with E-state index in [1.54, 1.807) is 12.3 Å².